The Labute approximate surface area is 198 Å². The highest BCUT2D eigenvalue weighted by Gasteiger charge is 2.27. The van der Waals surface area contributed by atoms with E-state index in [9.17, 15) is 4.79 Å². The predicted octanol–water partition coefficient (Wildman–Crippen LogP) is 4.39. The van der Waals surface area contributed by atoms with E-state index in [1.807, 2.05) is 43.5 Å². The molecule has 5 rings (SSSR count). The van der Waals surface area contributed by atoms with Gasteiger partial charge in [0.1, 0.15) is 5.75 Å². The van der Waals surface area contributed by atoms with Crippen LogP contribution < -0.4 is 15.0 Å². The van der Waals surface area contributed by atoms with E-state index in [1.165, 1.54) is 38.8 Å². The van der Waals surface area contributed by atoms with Crippen LogP contribution in [-0.2, 0) is 4.79 Å². The average molecular weight is 466 g/mol. The molecule has 3 aromatic rings. The van der Waals surface area contributed by atoms with E-state index in [0.717, 1.165) is 51.9 Å². The zero-order chi connectivity index (χ0) is 22.8. The Hall–Kier alpha value is -2.71. The van der Waals surface area contributed by atoms with Crippen LogP contribution in [0, 0.1) is 13.8 Å². The molecule has 1 amide bonds. The number of carbonyl (C=O) groups is 1. The number of aryl methyl sites for hydroxylation is 2. The van der Waals surface area contributed by atoms with Gasteiger partial charge in [-0.1, -0.05) is 0 Å². The number of hydrogen-bond acceptors (Lipinski definition) is 7. The topological polar surface area (TPSA) is 70.6 Å². The molecule has 1 N–H and O–H groups in total. The van der Waals surface area contributed by atoms with Crippen LogP contribution >= 0.6 is 11.3 Å². The van der Waals surface area contributed by atoms with Gasteiger partial charge in [-0.25, -0.2) is 9.97 Å². The van der Waals surface area contributed by atoms with Crippen LogP contribution in [-0.4, -0.2) is 59.6 Å². The fraction of sp³-hybridized carbons (Fsp3) is 0.480. The molecule has 0 unspecified atom stereocenters. The molecule has 4 heterocycles. The van der Waals surface area contributed by atoms with Gasteiger partial charge in [0, 0.05) is 40.5 Å². The van der Waals surface area contributed by atoms with Crippen LogP contribution in [0.5, 0.6) is 5.75 Å². The fourth-order valence-electron chi connectivity index (χ4n) is 4.86. The first-order valence-electron chi connectivity index (χ1n) is 11.8. The zero-order valence-electron chi connectivity index (χ0n) is 19.3. The third-order valence-electron chi connectivity index (χ3n) is 6.64. The summed E-state index contributed by atoms with van der Waals surface area (Å²) >= 11 is 1.60. The summed E-state index contributed by atoms with van der Waals surface area (Å²) in [6, 6.07) is 8.44. The van der Waals surface area contributed by atoms with Gasteiger partial charge in [0.05, 0.1) is 11.2 Å². The number of ether oxygens (including phenoxy) is 1. The molecule has 8 heteroatoms. The third-order valence-corrected chi connectivity index (χ3v) is 7.48. The summed E-state index contributed by atoms with van der Waals surface area (Å²) < 4.78 is 5.56. The second-order valence-electron chi connectivity index (χ2n) is 9.03. The summed E-state index contributed by atoms with van der Waals surface area (Å²) in [6.07, 6.45) is 5.05. The lowest BCUT2D eigenvalue weighted by Crippen LogP contribution is -2.44. The smallest absolute Gasteiger partial charge is 0.262 e. The van der Waals surface area contributed by atoms with Crippen LogP contribution in [0.2, 0.25) is 0 Å². The van der Waals surface area contributed by atoms with E-state index in [-0.39, 0.29) is 12.5 Å². The number of nitrogens with one attached hydrogen (secondary N) is 1. The number of amides is 1. The molecule has 2 fully saturated rings. The minimum atomic E-state index is -0.186. The van der Waals surface area contributed by atoms with E-state index in [4.69, 9.17) is 14.7 Å². The van der Waals surface area contributed by atoms with Crippen molar-refractivity contribution in [3.63, 3.8) is 0 Å². The van der Waals surface area contributed by atoms with Crippen molar-refractivity contribution in [1.82, 2.24) is 14.9 Å². The normalized spacial score (nSPS) is 17.6. The molecule has 2 saturated heterocycles. The first-order valence-corrected chi connectivity index (χ1v) is 12.7. The lowest BCUT2D eigenvalue weighted by molar-refractivity contribution is -0.118. The second-order valence-corrected chi connectivity index (χ2v) is 10.1. The predicted molar refractivity (Wildman–Crippen MR) is 133 cm³/mol. The van der Waals surface area contributed by atoms with Gasteiger partial charge in [0.2, 0.25) is 5.95 Å². The van der Waals surface area contributed by atoms with Gasteiger partial charge in [0.15, 0.2) is 6.61 Å². The molecule has 0 saturated carbocycles. The number of anilines is 2. The average Bonchev–Trinajstić information content (AvgIpc) is 3.50. The Morgan fingerprint density at radius 1 is 1.12 bits per heavy atom. The number of nitrogens with zero attached hydrogens (tertiary/aromatic N) is 4. The van der Waals surface area contributed by atoms with Gasteiger partial charge in [-0.3, -0.25) is 4.79 Å². The molecule has 0 spiro atoms. The molecule has 2 aliphatic rings. The van der Waals surface area contributed by atoms with Gasteiger partial charge in [-0.15, -0.1) is 11.3 Å². The Kier molecular flexibility index (Phi) is 6.46. The van der Waals surface area contributed by atoms with Gasteiger partial charge in [-0.2, -0.15) is 0 Å². The maximum absolute atomic E-state index is 12.3. The minimum absolute atomic E-state index is 0.0178. The molecular formula is C25H31N5O2S. The van der Waals surface area contributed by atoms with E-state index in [1.54, 1.807) is 11.3 Å². The standard InChI is InChI=1S/C25H31N5O2S/c1-17-13-21(16-33-17)32-15-24(31)27-19-5-6-23-22(14-19)18(2)26-25(28-23)30-11-7-20(8-12-30)29-9-3-4-10-29/h5-6,13-14,16,20H,3-4,7-12,15H2,1-2H3,(H,27,31). The third kappa shape index (κ3) is 5.12. The zero-order valence-corrected chi connectivity index (χ0v) is 20.2. The number of benzene rings is 1. The van der Waals surface area contributed by atoms with Crippen molar-refractivity contribution in [3.8, 4) is 5.75 Å². The number of likely N-dealkylation sites (tertiary alicyclic amines) is 1. The van der Waals surface area contributed by atoms with Crippen molar-refractivity contribution < 1.29 is 9.53 Å². The molecular weight excluding hydrogens is 434 g/mol. The quantitative estimate of drug-likeness (QED) is 0.582. The summed E-state index contributed by atoms with van der Waals surface area (Å²) in [5.41, 5.74) is 2.56. The fourth-order valence-corrected chi connectivity index (χ4v) is 5.49. The van der Waals surface area contributed by atoms with E-state index < -0.39 is 0 Å². The van der Waals surface area contributed by atoms with E-state index in [2.05, 4.69) is 15.1 Å². The molecule has 1 aromatic carbocycles. The van der Waals surface area contributed by atoms with Crippen LogP contribution in [0.1, 0.15) is 36.3 Å². The summed E-state index contributed by atoms with van der Waals surface area (Å²) in [5.74, 6) is 1.36. The first kappa shape index (κ1) is 22.1. The van der Waals surface area contributed by atoms with Crippen molar-refractivity contribution in [1.29, 1.82) is 0 Å². The number of piperidine rings is 1. The van der Waals surface area contributed by atoms with Crippen LogP contribution in [0.15, 0.2) is 29.6 Å². The molecule has 2 aromatic heterocycles. The van der Waals surface area contributed by atoms with Gasteiger partial charge < -0.3 is 19.9 Å². The van der Waals surface area contributed by atoms with Crippen LogP contribution in [0.25, 0.3) is 10.9 Å². The van der Waals surface area contributed by atoms with Gasteiger partial charge in [-0.05, 0) is 76.9 Å². The van der Waals surface area contributed by atoms with Crippen molar-refractivity contribution in [3.05, 3.63) is 40.2 Å². The van der Waals surface area contributed by atoms with Gasteiger partial charge in [0.25, 0.3) is 5.91 Å². The number of hydrogen-bond donors (Lipinski definition) is 1. The highest BCUT2D eigenvalue weighted by molar-refractivity contribution is 7.10. The molecule has 7 nitrogen and oxygen atoms in total. The van der Waals surface area contributed by atoms with Crippen LogP contribution in [0.4, 0.5) is 11.6 Å². The maximum atomic E-state index is 12.3. The Bertz CT molecular complexity index is 1130. The molecule has 33 heavy (non-hydrogen) atoms. The van der Waals surface area contributed by atoms with E-state index >= 15 is 0 Å². The van der Waals surface area contributed by atoms with Crippen LogP contribution in [0.3, 0.4) is 0 Å². The Morgan fingerprint density at radius 3 is 2.64 bits per heavy atom. The first-order chi connectivity index (χ1) is 16.0. The highest BCUT2D eigenvalue weighted by Crippen LogP contribution is 2.27. The number of rotatable bonds is 6. The van der Waals surface area contributed by atoms with Crippen molar-refractivity contribution in [2.24, 2.45) is 0 Å². The lowest BCUT2D eigenvalue weighted by atomic mass is 10.0. The molecule has 174 valence electrons. The molecule has 2 aliphatic heterocycles. The van der Waals surface area contributed by atoms with Crippen molar-refractivity contribution >= 4 is 39.8 Å². The summed E-state index contributed by atoms with van der Waals surface area (Å²) in [7, 11) is 0. The second kappa shape index (κ2) is 9.65. The SMILES string of the molecule is Cc1cc(OCC(=O)Nc2ccc3nc(N4CCC(N5CCCC5)CC4)nc(C)c3c2)cs1. The minimum Gasteiger partial charge on any atom is -0.483 e. The monoisotopic (exact) mass is 465 g/mol. The van der Waals surface area contributed by atoms with Crippen molar-refractivity contribution in [2.45, 2.75) is 45.6 Å². The van der Waals surface area contributed by atoms with Gasteiger partial charge >= 0.3 is 0 Å². The summed E-state index contributed by atoms with van der Waals surface area (Å²) in [4.78, 5) is 28.1. The Morgan fingerprint density at radius 2 is 1.91 bits per heavy atom. The molecule has 0 aliphatic carbocycles. The number of thiophene rings is 1. The van der Waals surface area contributed by atoms with Crippen molar-refractivity contribution in [2.75, 3.05) is 43.0 Å². The lowest BCUT2D eigenvalue weighted by Gasteiger charge is -2.36. The highest BCUT2D eigenvalue weighted by atomic mass is 32.1. The number of carbonyl (C=O) groups excluding carboxylic acids is 1. The largest absolute Gasteiger partial charge is 0.483 e. The molecule has 0 atom stereocenters. The molecule has 0 radical (unpaired) electrons. The molecule has 0 bridgehead atoms. The van der Waals surface area contributed by atoms with E-state index in [0.29, 0.717) is 6.04 Å². The number of fused-ring (bicyclic) bond motifs is 1. The maximum Gasteiger partial charge on any atom is 0.262 e. The Balaban J connectivity index is 1.22. The number of aromatic nitrogens is 2. The summed E-state index contributed by atoms with van der Waals surface area (Å²) in [6.45, 7) is 8.53. The summed E-state index contributed by atoms with van der Waals surface area (Å²) in [5, 5.41) is 5.78.